The van der Waals surface area contributed by atoms with Crippen molar-refractivity contribution in [3.8, 4) is 17.3 Å². The largest absolute Gasteiger partial charge is 0.506 e. The third-order valence-electron chi connectivity index (χ3n) is 3.35. The van der Waals surface area contributed by atoms with Crippen molar-refractivity contribution in [2.75, 3.05) is 0 Å². The Hall–Kier alpha value is -2.32. The van der Waals surface area contributed by atoms with Crippen LogP contribution in [0.2, 0.25) is 10.0 Å². The number of benzene rings is 2. The van der Waals surface area contributed by atoms with Gasteiger partial charge in [0.05, 0.1) is 10.7 Å². The number of hydrogen-bond donors (Lipinski definition) is 1. The first-order valence-corrected chi connectivity index (χ1v) is 8.54. The van der Waals surface area contributed by atoms with Gasteiger partial charge in [0.25, 0.3) is 0 Å². The Morgan fingerprint density at radius 1 is 1.04 bits per heavy atom. The maximum absolute atomic E-state index is 10.5. The number of aliphatic hydroxyl groups is 1. The van der Waals surface area contributed by atoms with Crippen molar-refractivity contribution >= 4 is 45.9 Å². The van der Waals surface area contributed by atoms with Gasteiger partial charge in [-0.2, -0.15) is 5.26 Å². The lowest BCUT2D eigenvalue weighted by Crippen LogP contribution is -1.91. The molecule has 0 amide bonds. The highest BCUT2D eigenvalue weighted by atomic mass is 35.5. The molecule has 0 aliphatic carbocycles. The second kappa shape index (κ2) is 7.06. The molecule has 0 atom stereocenters. The molecular weight excluding hydrogens is 363 g/mol. The van der Waals surface area contributed by atoms with Crippen LogP contribution in [0.25, 0.3) is 22.6 Å². The molecule has 0 fully saturated rings. The molecule has 0 aliphatic heterocycles. The Labute approximate surface area is 153 Å². The summed E-state index contributed by atoms with van der Waals surface area (Å²) in [5.74, 6) is -0.192. The van der Waals surface area contributed by atoms with E-state index < -0.39 is 0 Å². The molecule has 24 heavy (non-hydrogen) atoms. The van der Waals surface area contributed by atoms with Crippen molar-refractivity contribution in [3.05, 3.63) is 74.5 Å². The molecular formula is C18H10Cl2N2OS. The third-order valence-corrected chi connectivity index (χ3v) is 4.86. The number of nitrogens with zero attached hydrogens (tertiary/aromatic N) is 2. The van der Waals surface area contributed by atoms with E-state index >= 15 is 0 Å². The first-order chi connectivity index (χ1) is 11.6. The zero-order chi connectivity index (χ0) is 17.1. The summed E-state index contributed by atoms with van der Waals surface area (Å²) in [6, 6.07) is 16.1. The second-order valence-electron chi connectivity index (χ2n) is 4.83. The molecule has 0 saturated carbocycles. The van der Waals surface area contributed by atoms with Gasteiger partial charge in [-0.3, -0.25) is 0 Å². The fraction of sp³-hybridized carbons (Fsp3) is 0. The zero-order valence-electron chi connectivity index (χ0n) is 12.2. The lowest BCUT2D eigenvalue weighted by Gasteiger charge is -2.04. The van der Waals surface area contributed by atoms with Crippen molar-refractivity contribution in [1.29, 1.82) is 5.26 Å². The van der Waals surface area contributed by atoms with Crippen LogP contribution in [0.5, 0.6) is 0 Å². The fourth-order valence-electron chi connectivity index (χ4n) is 2.17. The minimum Gasteiger partial charge on any atom is -0.506 e. The summed E-state index contributed by atoms with van der Waals surface area (Å²) in [4.78, 5) is 4.44. The molecule has 0 saturated heterocycles. The lowest BCUT2D eigenvalue weighted by molar-refractivity contribution is 0.514. The summed E-state index contributed by atoms with van der Waals surface area (Å²) in [6.45, 7) is 0. The quantitative estimate of drug-likeness (QED) is 0.448. The molecule has 3 nitrogen and oxygen atoms in total. The third kappa shape index (κ3) is 3.15. The van der Waals surface area contributed by atoms with Crippen LogP contribution in [0.15, 0.2) is 53.9 Å². The van der Waals surface area contributed by atoms with Gasteiger partial charge in [0.1, 0.15) is 22.4 Å². The SMILES string of the molecule is N#C/C(=C(\O)c1ccccc1Cl)c1nc(-c2ccccc2Cl)cs1. The molecule has 0 bridgehead atoms. The van der Waals surface area contributed by atoms with E-state index in [0.717, 1.165) is 5.56 Å². The Morgan fingerprint density at radius 2 is 1.71 bits per heavy atom. The van der Waals surface area contributed by atoms with Crippen LogP contribution in [-0.4, -0.2) is 10.1 Å². The Kier molecular flexibility index (Phi) is 4.86. The van der Waals surface area contributed by atoms with Crippen LogP contribution in [0.4, 0.5) is 0 Å². The van der Waals surface area contributed by atoms with Crippen molar-refractivity contribution in [2.45, 2.75) is 0 Å². The highest BCUT2D eigenvalue weighted by Gasteiger charge is 2.17. The molecule has 2 aromatic carbocycles. The molecule has 3 rings (SSSR count). The number of allylic oxidation sites excluding steroid dienone is 1. The summed E-state index contributed by atoms with van der Waals surface area (Å²) < 4.78 is 0. The van der Waals surface area contributed by atoms with E-state index in [9.17, 15) is 10.4 Å². The molecule has 0 unspecified atom stereocenters. The summed E-state index contributed by atoms with van der Waals surface area (Å²) in [7, 11) is 0. The summed E-state index contributed by atoms with van der Waals surface area (Å²) >= 11 is 13.5. The molecule has 1 N–H and O–H groups in total. The fourth-order valence-corrected chi connectivity index (χ4v) is 3.44. The smallest absolute Gasteiger partial charge is 0.145 e. The summed E-state index contributed by atoms with van der Waals surface area (Å²) in [6.07, 6.45) is 0. The molecule has 1 aromatic heterocycles. The average molecular weight is 373 g/mol. The van der Waals surface area contributed by atoms with Crippen molar-refractivity contribution < 1.29 is 5.11 Å². The number of nitriles is 1. The Balaban J connectivity index is 2.08. The summed E-state index contributed by atoms with van der Waals surface area (Å²) in [5.41, 5.74) is 1.90. The predicted octanol–water partition coefficient (Wildman–Crippen LogP) is 6.07. The highest BCUT2D eigenvalue weighted by molar-refractivity contribution is 7.11. The van der Waals surface area contributed by atoms with E-state index in [1.165, 1.54) is 11.3 Å². The second-order valence-corrected chi connectivity index (χ2v) is 6.51. The van der Waals surface area contributed by atoms with Gasteiger partial charge in [0.15, 0.2) is 0 Å². The van der Waals surface area contributed by atoms with E-state index in [1.54, 1.807) is 35.7 Å². The summed E-state index contributed by atoms with van der Waals surface area (Å²) in [5, 5.41) is 23.1. The minimum absolute atomic E-state index is 0.0754. The van der Waals surface area contributed by atoms with Gasteiger partial charge in [-0.25, -0.2) is 4.98 Å². The number of aromatic nitrogens is 1. The van der Waals surface area contributed by atoms with Crippen LogP contribution in [0.1, 0.15) is 10.6 Å². The van der Waals surface area contributed by atoms with Gasteiger partial charge in [-0.05, 0) is 18.2 Å². The molecule has 0 radical (unpaired) electrons. The average Bonchev–Trinajstić information content (AvgIpc) is 3.05. The van der Waals surface area contributed by atoms with Gasteiger partial charge >= 0.3 is 0 Å². The van der Waals surface area contributed by atoms with E-state index in [4.69, 9.17) is 23.2 Å². The standard InChI is InChI=1S/C18H10Cl2N2OS/c19-14-7-3-1-5-11(14)16-10-24-18(22-16)13(9-21)17(23)12-6-2-4-8-15(12)20/h1-8,10,23H/b17-13+. The normalized spacial score (nSPS) is 11.7. The topological polar surface area (TPSA) is 56.9 Å². The van der Waals surface area contributed by atoms with Gasteiger partial charge in [-0.15, -0.1) is 11.3 Å². The monoisotopic (exact) mass is 372 g/mol. The predicted molar refractivity (Wildman–Crippen MR) is 99.1 cm³/mol. The van der Waals surface area contributed by atoms with Crippen LogP contribution < -0.4 is 0 Å². The van der Waals surface area contributed by atoms with E-state index in [0.29, 0.717) is 26.3 Å². The highest BCUT2D eigenvalue weighted by Crippen LogP contribution is 2.34. The van der Waals surface area contributed by atoms with Gasteiger partial charge < -0.3 is 5.11 Å². The van der Waals surface area contributed by atoms with Crippen LogP contribution in [0.3, 0.4) is 0 Å². The first kappa shape index (κ1) is 16.5. The zero-order valence-corrected chi connectivity index (χ0v) is 14.5. The van der Waals surface area contributed by atoms with E-state index in [2.05, 4.69) is 4.98 Å². The van der Waals surface area contributed by atoms with Crippen LogP contribution in [-0.2, 0) is 0 Å². The Bertz CT molecular complexity index is 973. The van der Waals surface area contributed by atoms with Crippen LogP contribution >= 0.6 is 34.5 Å². The first-order valence-electron chi connectivity index (χ1n) is 6.91. The Morgan fingerprint density at radius 3 is 2.38 bits per heavy atom. The number of thiazole rings is 1. The maximum atomic E-state index is 10.5. The number of hydrogen-bond acceptors (Lipinski definition) is 4. The maximum Gasteiger partial charge on any atom is 0.145 e. The van der Waals surface area contributed by atoms with E-state index in [-0.39, 0.29) is 11.3 Å². The molecule has 3 aromatic rings. The van der Waals surface area contributed by atoms with Crippen molar-refractivity contribution in [2.24, 2.45) is 0 Å². The van der Waals surface area contributed by atoms with Crippen molar-refractivity contribution in [3.63, 3.8) is 0 Å². The molecule has 6 heteroatoms. The molecule has 0 aliphatic rings. The molecule has 118 valence electrons. The van der Waals surface area contributed by atoms with E-state index in [1.807, 2.05) is 24.3 Å². The number of rotatable bonds is 3. The number of aliphatic hydroxyl groups excluding tert-OH is 1. The van der Waals surface area contributed by atoms with Crippen molar-refractivity contribution in [1.82, 2.24) is 4.98 Å². The number of halogens is 2. The molecule has 0 spiro atoms. The van der Waals surface area contributed by atoms with Crippen LogP contribution in [0, 0.1) is 11.3 Å². The van der Waals surface area contributed by atoms with Gasteiger partial charge in [-0.1, -0.05) is 53.5 Å². The van der Waals surface area contributed by atoms with Gasteiger partial charge in [0, 0.05) is 21.5 Å². The molecule has 1 heterocycles. The lowest BCUT2D eigenvalue weighted by atomic mass is 10.1. The van der Waals surface area contributed by atoms with Gasteiger partial charge in [0.2, 0.25) is 0 Å². The minimum atomic E-state index is -0.192.